The van der Waals surface area contributed by atoms with Crippen molar-refractivity contribution >= 4 is 23.1 Å². The van der Waals surface area contributed by atoms with Gasteiger partial charge < -0.3 is 5.73 Å². The standard InChI is InChI=1S/C10H11N3S2/c1-7(11)8-3-2-4-12-9(8)15-10-13-5-6-14-10/h2-7H,11H2,1H3/t7-/m1/s1. The molecule has 0 fully saturated rings. The first-order valence-electron chi connectivity index (χ1n) is 4.55. The molecule has 3 nitrogen and oxygen atoms in total. The van der Waals surface area contributed by atoms with Crippen LogP contribution in [0.25, 0.3) is 0 Å². The molecule has 2 aromatic rings. The summed E-state index contributed by atoms with van der Waals surface area (Å²) >= 11 is 3.17. The van der Waals surface area contributed by atoms with Crippen molar-refractivity contribution in [3.8, 4) is 0 Å². The van der Waals surface area contributed by atoms with Crippen LogP contribution in [-0.4, -0.2) is 9.97 Å². The molecule has 2 heterocycles. The molecular weight excluding hydrogens is 226 g/mol. The van der Waals surface area contributed by atoms with Crippen molar-refractivity contribution in [1.29, 1.82) is 0 Å². The highest BCUT2D eigenvalue weighted by atomic mass is 32.2. The zero-order chi connectivity index (χ0) is 10.7. The fourth-order valence-electron chi connectivity index (χ4n) is 1.18. The van der Waals surface area contributed by atoms with E-state index in [-0.39, 0.29) is 6.04 Å². The largest absolute Gasteiger partial charge is 0.324 e. The van der Waals surface area contributed by atoms with E-state index in [2.05, 4.69) is 9.97 Å². The molecule has 5 heteroatoms. The van der Waals surface area contributed by atoms with Crippen LogP contribution in [0.1, 0.15) is 18.5 Å². The Labute approximate surface area is 96.8 Å². The number of nitrogens with two attached hydrogens (primary N) is 1. The molecule has 0 bridgehead atoms. The van der Waals surface area contributed by atoms with Gasteiger partial charge in [0, 0.05) is 29.4 Å². The Balaban J connectivity index is 2.28. The Morgan fingerprint density at radius 2 is 2.27 bits per heavy atom. The monoisotopic (exact) mass is 237 g/mol. The number of pyridine rings is 1. The van der Waals surface area contributed by atoms with Crippen LogP contribution in [0.15, 0.2) is 39.3 Å². The van der Waals surface area contributed by atoms with Gasteiger partial charge in [-0.25, -0.2) is 9.97 Å². The fourth-order valence-corrected chi connectivity index (χ4v) is 2.90. The van der Waals surface area contributed by atoms with Crippen LogP contribution in [0.2, 0.25) is 0 Å². The Morgan fingerprint density at radius 1 is 1.40 bits per heavy atom. The first kappa shape index (κ1) is 10.6. The van der Waals surface area contributed by atoms with E-state index in [1.807, 2.05) is 24.4 Å². The molecule has 15 heavy (non-hydrogen) atoms. The lowest BCUT2D eigenvalue weighted by atomic mass is 10.2. The van der Waals surface area contributed by atoms with Gasteiger partial charge in [0.15, 0.2) is 4.34 Å². The first-order chi connectivity index (χ1) is 7.27. The average molecular weight is 237 g/mol. The molecular formula is C10H11N3S2. The lowest BCUT2D eigenvalue weighted by molar-refractivity contribution is 0.779. The Bertz CT molecular complexity index is 426. The van der Waals surface area contributed by atoms with Crippen LogP contribution >= 0.6 is 23.1 Å². The summed E-state index contributed by atoms with van der Waals surface area (Å²) in [5, 5.41) is 2.90. The van der Waals surface area contributed by atoms with Gasteiger partial charge in [-0.1, -0.05) is 6.07 Å². The van der Waals surface area contributed by atoms with Crippen LogP contribution < -0.4 is 5.73 Å². The number of nitrogens with zero attached hydrogens (tertiary/aromatic N) is 2. The highest BCUT2D eigenvalue weighted by Crippen LogP contribution is 2.31. The van der Waals surface area contributed by atoms with Crippen molar-refractivity contribution in [2.45, 2.75) is 22.3 Å². The molecule has 0 aliphatic carbocycles. The predicted octanol–water partition coefficient (Wildman–Crippen LogP) is 2.71. The minimum absolute atomic E-state index is 0.00108. The van der Waals surface area contributed by atoms with Gasteiger partial charge >= 0.3 is 0 Å². The van der Waals surface area contributed by atoms with Crippen LogP contribution in [0.3, 0.4) is 0 Å². The van der Waals surface area contributed by atoms with E-state index in [9.17, 15) is 0 Å². The summed E-state index contributed by atoms with van der Waals surface area (Å²) in [6.45, 7) is 1.96. The molecule has 0 spiro atoms. The number of rotatable bonds is 3. The minimum atomic E-state index is 0.00108. The molecule has 1 atom stereocenters. The third-order valence-electron chi connectivity index (χ3n) is 1.88. The van der Waals surface area contributed by atoms with Gasteiger partial charge in [-0.3, -0.25) is 0 Å². The topological polar surface area (TPSA) is 51.8 Å². The van der Waals surface area contributed by atoms with E-state index in [1.54, 1.807) is 35.5 Å². The predicted molar refractivity (Wildman–Crippen MR) is 63.1 cm³/mol. The molecule has 78 valence electrons. The summed E-state index contributed by atoms with van der Waals surface area (Å²) in [6.07, 6.45) is 3.57. The second kappa shape index (κ2) is 4.74. The van der Waals surface area contributed by atoms with Crippen molar-refractivity contribution in [1.82, 2.24) is 9.97 Å². The normalized spacial score (nSPS) is 12.7. The van der Waals surface area contributed by atoms with Crippen LogP contribution in [0.4, 0.5) is 0 Å². The van der Waals surface area contributed by atoms with E-state index in [0.29, 0.717) is 0 Å². The fraction of sp³-hybridized carbons (Fsp3) is 0.200. The van der Waals surface area contributed by atoms with E-state index in [4.69, 9.17) is 5.73 Å². The lowest BCUT2D eigenvalue weighted by Crippen LogP contribution is -2.06. The third kappa shape index (κ3) is 2.56. The van der Waals surface area contributed by atoms with Gasteiger partial charge in [0.2, 0.25) is 0 Å². The minimum Gasteiger partial charge on any atom is -0.324 e. The molecule has 0 unspecified atom stereocenters. The molecule has 0 aliphatic rings. The maximum atomic E-state index is 5.87. The smallest absolute Gasteiger partial charge is 0.156 e. The molecule has 0 aliphatic heterocycles. The van der Waals surface area contributed by atoms with Gasteiger partial charge in [0.05, 0.1) is 0 Å². The van der Waals surface area contributed by atoms with E-state index in [1.165, 1.54) is 0 Å². The molecule has 0 radical (unpaired) electrons. The second-order valence-electron chi connectivity index (χ2n) is 3.09. The number of thiazole rings is 1. The highest BCUT2D eigenvalue weighted by molar-refractivity contribution is 8.01. The number of hydrogen-bond donors (Lipinski definition) is 1. The maximum Gasteiger partial charge on any atom is 0.156 e. The molecule has 0 saturated carbocycles. The number of aromatic nitrogens is 2. The molecule has 2 aromatic heterocycles. The van der Waals surface area contributed by atoms with Crippen LogP contribution in [-0.2, 0) is 0 Å². The first-order valence-corrected chi connectivity index (χ1v) is 6.25. The average Bonchev–Trinajstić information content (AvgIpc) is 2.71. The Kier molecular flexibility index (Phi) is 3.35. The molecule has 0 saturated heterocycles. The van der Waals surface area contributed by atoms with Crippen molar-refractivity contribution in [3.63, 3.8) is 0 Å². The van der Waals surface area contributed by atoms with Gasteiger partial charge in [-0.15, -0.1) is 11.3 Å². The SMILES string of the molecule is C[C@@H](N)c1cccnc1Sc1nccs1. The molecule has 2 N–H and O–H groups in total. The van der Waals surface area contributed by atoms with E-state index >= 15 is 0 Å². The summed E-state index contributed by atoms with van der Waals surface area (Å²) in [5.41, 5.74) is 6.94. The van der Waals surface area contributed by atoms with Gasteiger partial charge in [-0.2, -0.15) is 0 Å². The van der Waals surface area contributed by atoms with Crippen molar-refractivity contribution in [2.75, 3.05) is 0 Å². The van der Waals surface area contributed by atoms with Crippen molar-refractivity contribution < 1.29 is 0 Å². The maximum absolute atomic E-state index is 5.87. The van der Waals surface area contributed by atoms with Crippen molar-refractivity contribution in [2.24, 2.45) is 5.73 Å². The Hall–Kier alpha value is -0.910. The van der Waals surface area contributed by atoms with E-state index < -0.39 is 0 Å². The lowest BCUT2D eigenvalue weighted by Gasteiger charge is -2.09. The van der Waals surface area contributed by atoms with Gasteiger partial charge in [0.1, 0.15) is 5.03 Å². The summed E-state index contributed by atoms with van der Waals surface area (Å²) in [4.78, 5) is 8.54. The second-order valence-corrected chi connectivity index (χ2v) is 5.22. The summed E-state index contributed by atoms with van der Waals surface area (Å²) in [7, 11) is 0. The zero-order valence-electron chi connectivity index (χ0n) is 8.25. The zero-order valence-corrected chi connectivity index (χ0v) is 9.89. The van der Waals surface area contributed by atoms with E-state index in [0.717, 1.165) is 14.9 Å². The van der Waals surface area contributed by atoms with Gasteiger partial charge in [-0.05, 0) is 24.8 Å². The summed E-state index contributed by atoms with van der Waals surface area (Å²) < 4.78 is 0.996. The van der Waals surface area contributed by atoms with Crippen molar-refractivity contribution in [3.05, 3.63) is 35.5 Å². The van der Waals surface area contributed by atoms with Crippen LogP contribution in [0.5, 0.6) is 0 Å². The third-order valence-corrected chi connectivity index (χ3v) is 3.80. The highest BCUT2D eigenvalue weighted by Gasteiger charge is 2.09. The molecule has 0 amide bonds. The summed E-state index contributed by atoms with van der Waals surface area (Å²) in [6, 6.07) is 3.92. The number of hydrogen-bond acceptors (Lipinski definition) is 5. The molecule has 2 rings (SSSR count). The van der Waals surface area contributed by atoms with Crippen LogP contribution in [0, 0.1) is 0 Å². The quantitative estimate of drug-likeness (QED) is 0.891. The molecule has 0 aromatic carbocycles. The Morgan fingerprint density at radius 3 is 2.93 bits per heavy atom. The summed E-state index contributed by atoms with van der Waals surface area (Å²) in [5.74, 6) is 0. The van der Waals surface area contributed by atoms with Gasteiger partial charge in [0.25, 0.3) is 0 Å².